The van der Waals surface area contributed by atoms with E-state index in [1.165, 1.54) is 6.33 Å². The van der Waals surface area contributed by atoms with E-state index in [0.29, 0.717) is 30.6 Å². The topological polar surface area (TPSA) is 70.6 Å². The molecule has 0 unspecified atom stereocenters. The third-order valence-electron chi connectivity index (χ3n) is 4.47. The number of piperazine rings is 1. The fourth-order valence-corrected chi connectivity index (χ4v) is 3.27. The first-order valence-corrected chi connectivity index (χ1v) is 7.47. The number of halogens is 1. The van der Waals surface area contributed by atoms with E-state index in [1.807, 2.05) is 11.0 Å². The van der Waals surface area contributed by atoms with Gasteiger partial charge in [-0.15, -0.1) is 4.48 Å². The van der Waals surface area contributed by atoms with E-state index < -0.39 is 0 Å². The van der Waals surface area contributed by atoms with Crippen molar-refractivity contribution in [3.8, 4) is 5.75 Å². The van der Waals surface area contributed by atoms with Crippen LogP contribution in [0.4, 0.5) is 16.0 Å². The lowest BCUT2D eigenvalue weighted by Gasteiger charge is -2.45. The van der Waals surface area contributed by atoms with Crippen molar-refractivity contribution in [1.29, 1.82) is 0 Å². The number of rotatable bonds is 1. The molecule has 120 valence electrons. The standard InChI is InChI=1S/C15H16FN5O2/c1-9(22)20-2-3-21-10(6-20)7-23-14-5-12-11(4-13(14)21)15(19-16)18-8-17-12/h4-5,8,10H,2-3,6-7H2,1H3,(H,17,18,19)/t10-/m1/s1. The molecule has 8 heteroatoms. The first kappa shape index (κ1) is 14.0. The summed E-state index contributed by atoms with van der Waals surface area (Å²) in [6, 6.07) is 3.76. The van der Waals surface area contributed by atoms with Gasteiger partial charge >= 0.3 is 0 Å². The molecule has 1 aromatic carbocycles. The average Bonchev–Trinajstić information content (AvgIpc) is 2.58. The van der Waals surface area contributed by atoms with Gasteiger partial charge in [0.15, 0.2) is 5.82 Å². The minimum atomic E-state index is 0.0753. The zero-order valence-electron chi connectivity index (χ0n) is 12.6. The van der Waals surface area contributed by atoms with E-state index in [-0.39, 0.29) is 17.8 Å². The highest BCUT2D eigenvalue weighted by atomic mass is 19.2. The molecule has 1 fully saturated rings. The maximum atomic E-state index is 12.9. The van der Waals surface area contributed by atoms with Crippen molar-refractivity contribution in [3.05, 3.63) is 18.5 Å². The van der Waals surface area contributed by atoms with Crippen LogP contribution in [0.3, 0.4) is 0 Å². The number of hydrogen-bond donors (Lipinski definition) is 1. The van der Waals surface area contributed by atoms with Crippen LogP contribution in [0.25, 0.3) is 10.9 Å². The normalized spacial score (nSPS) is 19.8. The largest absolute Gasteiger partial charge is 0.489 e. The summed E-state index contributed by atoms with van der Waals surface area (Å²) in [5.41, 5.74) is 3.12. The highest BCUT2D eigenvalue weighted by molar-refractivity contribution is 5.93. The highest BCUT2D eigenvalue weighted by Crippen LogP contribution is 2.39. The van der Waals surface area contributed by atoms with Crippen molar-refractivity contribution in [2.24, 2.45) is 0 Å². The smallest absolute Gasteiger partial charge is 0.219 e. The summed E-state index contributed by atoms with van der Waals surface area (Å²) in [6.07, 6.45) is 1.31. The third-order valence-corrected chi connectivity index (χ3v) is 4.47. The van der Waals surface area contributed by atoms with Gasteiger partial charge in [0.2, 0.25) is 5.91 Å². The fourth-order valence-electron chi connectivity index (χ4n) is 3.27. The second kappa shape index (κ2) is 5.22. The van der Waals surface area contributed by atoms with Gasteiger partial charge in [0.05, 0.1) is 17.2 Å². The van der Waals surface area contributed by atoms with Crippen LogP contribution in [-0.2, 0) is 4.79 Å². The quantitative estimate of drug-likeness (QED) is 0.801. The average molecular weight is 317 g/mol. The SMILES string of the molecule is CC(=O)N1CCN2c3cc4c(NF)ncnc4cc3OC[C@H]2C1. The number of nitrogens with zero attached hydrogens (tertiary/aromatic N) is 4. The summed E-state index contributed by atoms with van der Waals surface area (Å²) in [5, 5.41) is 0.604. The van der Waals surface area contributed by atoms with Gasteiger partial charge in [-0.05, 0) is 6.07 Å². The Labute approximate surface area is 132 Å². The molecule has 2 aliphatic heterocycles. The van der Waals surface area contributed by atoms with E-state index in [9.17, 15) is 9.28 Å². The minimum absolute atomic E-state index is 0.0753. The molecule has 0 radical (unpaired) electrons. The van der Waals surface area contributed by atoms with Crippen molar-refractivity contribution in [3.63, 3.8) is 0 Å². The predicted molar refractivity (Wildman–Crippen MR) is 83.2 cm³/mol. The van der Waals surface area contributed by atoms with Crippen LogP contribution in [0.15, 0.2) is 18.5 Å². The van der Waals surface area contributed by atoms with Crippen LogP contribution >= 0.6 is 0 Å². The summed E-state index contributed by atoms with van der Waals surface area (Å²) >= 11 is 0. The van der Waals surface area contributed by atoms with Crippen molar-refractivity contribution in [1.82, 2.24) is 14.9 Å². The Hall–Kier alpha value is -2.64. The van der Waals surface area contributed by atoms with Gasteiger partial charge in [-0.25, -0.2) is 15.5 Å². The fraction of sp³-hybridized carbons (Fsp3) is 0.400. The number of carbonyl (C=O) groups excluding carboxylic acids is 1. The van der Waals surface area contributed by atoms with Gasteiger partial charge in [0.1, 0.15) is 18.7 Å². The number of aromatic nitrogens is 2. The maximum Gasteiger partial charge on any atom is 0.219 e. The Kier molecular flexibility index (Phi) is 3.17. The molecule has 23 heavy (non-hydrogen) atoms. The Morgan fingerprint density at radius 1 is 1.39 bits per heavy atom. The molecule has 1 aromatic heterocycles. The summed E-state index contributed by atoms with van der Waals surface area (Å²) < 4.78 is 18.8. The molecule has 0 spiro atoms. The molecule has 0 bridgehead atoms. The molecular formula is C15H16FN5O2. The van der Waals surface area contributed by atoms with E-state index in [1.54, 1.807) is 18.5 Å². The number of carbonyl (C=O) groups is 1. The number of fused-ring (bicyclic) bond motifs is 4. The Morgan fingerprint density at radius 2 is 2.26 bits per heavy atom. The number of nitrogens with one attached hydrogen (secondary N) is 1. The molecule has 2 aliphatic rings. The van der Waals surface area contributed by atoms with E-state index in [4.69, 9.17) is 4.74 Å². The van der Waals surface area contributed by atoms with Gasteiger partial charge in [-0.1, -0.05) is 0 Å². The molecule has 0 saturated carbocycles. The van der Waals surface area contributed by atoms with Gasteiger partial charge in [0, 0.05) is 38.0 Å². The van der Waals surface area contributed by atoms with E-state index >= 15 is 0 Å². The van der Waals surface area contributed by atoms with E-state index in [2.05, 4.69) is 14.9 Å². The molecule has 0 aliphatic carbocycles. The molecular weight excluding hydrogens is 301 g/mol. The number of amides is 1. The number of hydrogen-bond acceptors (Lipinski definition) is 6. The molecule has 7 nitrogen and oxygen atoms in total. The summed E-state index contributed by atoms with van der Waals surface area (Å²) in [6.45, 7) is 4.12. The molecule has 1 saturated heterocycles. The molecule has 2 aromatic rings. The predicted octanol–water partition coefficient (Wildman–Crippen LogP) is 1.36. The van der Waals surface area contributed by atoms with Crippen LogP contribution in [0.5, 0.6) is 5.75 Å². The Bertz CT molecular complexity index is 784. The molecule has 1 amide bonds. The van der Waals surface area contributed by atoms with Crippen LogP contribution in [0, 0.1) is 0 Å². The Balaban J connectivity index is 1.76. The number of ether oxygens (including phenoxy) is 1. The van der Waals surface area contributed by atoms with Crippen LogP contribution in [0.1, 0.15) is 6.92 Å². The minimum Gasteiger partial charge on any atom is -0.489 e. The second-order valence-electron chi connectivity index (χ2n) is 5.78. The lowest BCUT2D eigenvalue weighted by molar-refractivity contribution is -0.129. The van der Waals surface area contributed by atoms with E-state index in [0.717, 1.165) is 18.0 Å². The lowest BCUT2D eigenvalue weighted by Crippen LogP contribution is -2.58. The third kappa shape index (κ3) is 2.21. The first-order valence-electron chi connectivity index (χ1n) is 7.47. The monoisotopic (exact) mass is 317 g/mol. The van der Waals surface area contributed by atoms with Gasteiger partial charge in [-0.3, -0.25) is 4.79 Å². The zero-order valence-corrected chi connectivity index (χ0v) is 12.6. The van der Waals surface area contributed by atoms with Crippen molar-refractivity contribution >= 4 is 28.3 Å². The van der Waals surface area contributed by atoms with Crippen molar-refractivity contribution in [2.45, 2.75) is 13.0 Å². The molecule has 3 heterocycles. The number of anilines is 2. The van der Waals surface area contributed by atoms with Crippen molar-refractivity contribution in [2.75, 3.05) is 36.7 Å². The van der Waals surface area contributed by atoms with Crippen LogP contribution in [-0.4, -0.2) is 53.1 Å². The highest BCUT2D eigenvalue weighted by Gasteiger charge is 2.34. The number of benzene rings is 1. The van der Waals surface area contributed by atoms with Gasteiger partial charge < -0.3 is 14.5 Å². The molecule has 1 N–H and O–H groups in total. The lowest BCUT2D eigenvalue weighted by atomic mass is 10.1. The molecule has 1 atom stereocenters. The summed E-state index contributed by atoms with van der Waals surface area (Å²) in [7, 11) is 0. The maximum absolute atomic E-state index is 12.9. The van der Waals surface area contributed by atoms with Gasteiger partial charge in [0.25, 0.3) is 0 Å². The molecule has 4 rings (SSSR count). The summed E-state index contributed by atoms with van der Waals surface area (Å²) in [5.74, 6) is 0.946. The van der Waals surface area contributed by atoms with Crippen LogP contribution < -0.4 is 15.2 Å². The second-order valence-corrected chi connectivity index (χ2v) is 5.78. The van der Waals surface area contributed by atoms with Crippen molar-refractivity contribution < 1.29 is 14.0 Å². The van der Waals surface area contributed by atoms with Gasteiger partial charge in [-0.2, -0.15) is 0 Å². The zero-order chi connectivity index (χ0) is 16.0. The van der Waals surface area contributed by atoms with Crippen LogP contribution in [0.2, 0.25) is 0 Å². The summed E-state index contributed by atoms with van der Waals surface area (Å²) in [4.78, 5) is 23.7. The Morgan fingerprint density at radius 3 is 3.04 bits per heavy atom. The first-order chi connectivity index (χ1) is 11.2.